The van der Waals surface area contributed by atoms with Crippen molar-refractivity contribution in [3.8, 4) is 28.6 Å². The molecule has 0 aliphatic heterocycles. The van der Waals surface area contributed by atoms with Crippen LogP contribution < -0.4 is 14.9 Å². The maximum atomic E-state index is 12.5. The first-order chi connectivity index (χ1) is 18.0. The highest BCUT2D eigenvalue weighted by Gasteiger charge is 2.17. The van der Waals surface area contributed by atoms with Crippen molar-refractivity contribution in [3.05, 3.63) is 83.9 Å². The summed E-state index contributed by atoms with van der Waals surface area (Å²) in [6.07, 6.45) is 1.63. The quantitative estimate of drug-likeness (QED) is 0.175. The second-order valence-electron chi connectivity index (χ2n) is 8.47. The number of aromatic nitrogens is 3. The van der Waals surface area contributed by atoms with Crippen LogP contribution in [0.3, 0.4) is 0 Å². The van der Waals surface area contributed by atoms with Crippen LogP contribution in [0.2, 0.25) is 0 Å². The van der Waals surface area contributed by atoms with Crippen LogP contribution in [-0.2, 0) is 4.79 Å². The van der Waals surface area contributed by atoms with Crippen molar-refractivity contribution in [2.75, 3.05) is 20.0 Å². The molecule has 4 aromatic rings. The fourth-order valence-electron chi connectivity index (χ4n) is 3.56. The lowest BCUT2D eigenvalue weighted by atomic mass is 10.0. The van der Waals surface area contributed by atoms with Gasteiger partial charge in [0.15, 0.2) is 11.0 Å². The highest BCUT2D eigenvalue weighted by Crippen LogP contribution is 2.29. The Balaban J connectivity index is 1.49. The molecule has 0 saturated carbocycles. The predicted octanol–water partition coefficient (Wildman–Crippen LogP) is 5.32. The third-order valence-electron chi connectivity index (χ3n) is 5.65. The van der Waals surface area contributed by atoms with Crippen molar-refractivity contribution in [2.24, 2.45) is 5.10 Å². The van der Waals surface area contributed by atoms with E-state index in [2.05, 4.69) is 46.7 Å². The summed E-state index contributed by atoms with van der Waals surface area (Å²) in [5.74, 6) is 2.50. The summed E-state index contributed by atoms with van der Waals surface area (Å²) in [7, 11) is 3.25. The van der Waals surface area contributed by atoms with Gasteiger partial charge in [0.1, 0.15) is 11.5 Å². The van der Waals surface area contributed by atoms with E-state index in [1.807, 2.05) is 65.2 Å². The largest absolute Gasteiger partial charge is 0.497 e. The molecular formula is C28H29N5O3S. The van der Waals surface area contributed by atoms with E-state index in [1.54, 1.807) is 20.4 Å². The van der Waals surface area contributed by atoms with Gasteiger partial charge in [-0.2, -0.15) is 5.10 Å². The molecule has 9 heteroatoms. The Hall–Kier alpha value is -4.11. The SMILES string of the molecule is COc1ccc(-c2nnc(SCC(=O)NN=Cc3ccc(C(C)C)cc3)n2-c2ccc(OC)cc2)cc1. The molecule has 0 radical (unpaired) electrons. The van der Waals surface area contributed by atoms with Gasteiger partial charge in [-0.15, -0.1) is 10.2 Å². The molecule has 8 nitrogen and oxygen atoms in total. The minimum Gasteiger partial charge on any atom is -0.497 e. The molecule has 0 aliphatic rings. The van der Waals surface area contributed by atoms with Gasteiger partial charge < -0.3 is 9.47 Å². The molecule has 0 atom stereocenters. The minimum atomic E-state index is -0.240. The van der Waals surface area contributed by atoms with Gasteiger partial charge in [0, 0.05) is 11.3 Å². The van der Waals surface area contributed by atoms with Gasteiger partial charge in [-0.1, -0.05) is 49.9 Å². The first kappa shape index (κ1) is 26.0. The number of hydrazone groups is 1. The summed E-state index contributed by atoms with van der Waals surface area (Å²) in [5, 5.41) is 13.5. The van der Waals surface area contributed by atoms with Crippen molar-refractivity contribution in [2.45, 2.75) is 24.9 Å². The number of hydrogen-bond acceptors (Lipinski definition) is 7. The van der Waals surface area contributed by atoms with E-state index in [9.17, 15) is 4.79 Å². The molecule has 190 valence electrons. The molecular weight excluding hydrogens is 486 g/mol. The molecule has 0 saturated heterocycles. The van der Waals surface area contributed by atoms with E-state index < -0.39 is 0 Å². The van der Waals surface area contributed by atoms with Crippen LogP contribution >= 0.6 is 11.8 Å². The van der Waals surface area contributed by atoms with Gasteiger partial charge in [-0.05, 0) is 65.6 Å². The van der Waals surface area contributed by atoms with Gasteiger partial charge in [0.25, 0.3) is 5.91 Å². The summed E-state index contributed by atoms with van der Waals surface area (Å²) in [4.78, 5) is 12.5. The molecule has 4 rings (SSSR count). The number of nitrogens with one attached hydrogen (secondary N) is 1. The van der Waals surface area contributed by atoms with Crippen molar-refractivity contribution in [1.82, 2.24) is 20.2 Å². The molecule has 0 spiro atoms. The summed E-state index contributed by atoms with van der Waals surface area (Å²) in [5.41, 5.74) is 6.48. The fraction of sp³-hybridized carbons (Fsp3) is 0.214. The monoisotopic (exact) mass is 515 g/mol. The second-order valence-corrected chi connectivity index (χ2v) is 9.41. The highest BCUT2D eigenvalue weighted by atomic mass is 32.2. The van der Waals surface area contributed by atoms with Gasteiger partial charge >= 0.3 is 0 Å². The van der Waals surface area contributed by atoms with Crippen molar-refractivity contribution in [1.29, 1.82) is 0 Å². The van der Waals surface area contributed by atoms with Crippen molar-refractivity contribution < 1.29 is 14.3 Å². The third kappa shape index (κ3) is 6.56. The van der Waals surface area contributed by atoms with Crippen LogP contribution in [-0.4, -0.2) is 46.9 Å². The number of rotatable bonds is 10. The molecule has 3 aromatic carbocycles. The topological polar surface area (TPSA) is 90.6 Å². The molecule has 1 N–H and O–H groups in total. The molecule has 1 aromatic heterocycles. The summed E-state index contributed by atoms with van der Waals surface area (Å²) in [6.45, 7) is 4.30. The Kier molecular flexibility index (Phi) is 8.58. The molecule has 1 heterocycles. The Morgan fingerprint density at radius 1 is 0.946 bits per heavy atom. The number of carbonyl (C=O) groups excluding carboxylic acids is 1. The van der Waals surface area contributed by atoms with E-state index in [0.29, 0.717) is 16.9 Å². The van der Waals surface area contributed by atoms with Crippen molar-refractivity contribution in [3.63, 3.8) is 0 Å². The van der Waals surface area contributed by atoms with Crippen molar-refractivity contribution >= 4 is 23.9 Å². The predicted molar refractivity (Wildman–Crippen MR) is 147 cm³/mol. The molecule has 1 amide bonds. The van der Waals surface area contributed by atoms with Gasteiger partial charge in [0.05, 0.1) is 26.2 Å². The van der Waals surface area contributed by atoms with Crippen LogP contribution in [0.1, 0.15) is 30.9 Å². The Morgan fingerprint density at radius 2 is 1.57 bits per heavy atom. The first-order valence-corrected chi connectivity index (χ1v) is 12.8. The molecule has 0 aliphatic carbocycles. The number of benzene rings is 3. The lowest BCUT2D eigenvalue weighted by Gasteiger charge is -2.11. The number of ether oxygens (including phenoxy) is 2. The van der Waals surface area contributed by atoms with Crippen LogP contribution in [0.25, 0.3) is 17.1 Å². The fourth-order valence-corrected chi connectivity index (χ4v) is 4.31. The van der Waals surface area contributed by atoms with Crippen LogP contribution in [0, 0.1) is 0 Å². The van der Waals surface area contributed by atoms with Gasteiger partial charge in [-0.3, -0.25) is 9.36 Å². The number of hydrogen-bond donors (Lipinski definition) is 1. The van der Waals surface area contributed by atoms with Crippen LogP contribution in [0.5, 0.6) is 11.5 Å². The molecule has 0 bridgehead atoms. The summed E-state index contributed by atoms with van der Waals surface area (Å²) >= 11 is 1.28. The van der Waals surface area contributed by atoms with E-state index in [0.717, 1.165) is 28.3 Å². The number of amides is 1. The smallest absolute Gasteiger partial charge is 0.250 e. The van der Waals surface area contributed by atoms with Crippen LogP contribution in [0.4, 0.5) is 0 Å². The highest BCUT2D eigenvalue weighted by molar-refractivity contribution is 7.99. The summed E-state index contributed by atoms with van der Waals surface area (Å²) < 4.78 is 12.5. The Morgan fingerprint density at radius 3 is 2.16 bits per heavy atom. The van der Waals surface area contributed by atoms with E-state index in [1.165, 1.54) is 17.3 Å². The molecule has 0 fully saturated rings. The lowest BCUT2D eigenvalue weighted by molar-refractivity contribution is -0.118. The average Bonchev–Trinajstić information content (AvgIpc) is 3.36. The third-order valence-corrected chi connectivity index (χ3v) is 6.58. The number of nitrogens with zero attached hydrogens (tertiary/aromatic N) is 4. The molecule has 0 unspecified atom stereocenters. The number of thioether (sulfide) groups is 1. The Bertz CT molecular complexity index is 1350. The second kappa shape index (κ2) is 12.2. The summed E-state index contributed by atoms with van der Waals surface area (Å²) in [6, 6.07) is 23.3. The Labute approximate surface area is 220 Å². The first-order valence-electron chi connectivity index (χ1n) is 11.8. The van der Waals surface area contributed by atoms with Gasteiger partial charge in [-0.25, -0.2) is 5.43 Å². The van der Waals surface area contributed by atoms with E-state index >= 15 is 0 Å². The standard InChI is InChI=1S/C28H29N5O3S/c1-19(2)21-7-5-20(6-8-21)17-29-30-26(34)18-37-28-32-31-27(22-9-13-24(35-3)14-10-22)33(28)23-11-15-25(36-4)16-12-23/h5-17,19H,18H2,1-4H3,(H,30,34). The number of carbonyl (C=O) groups is 1. The van der Waals surface area contributed by atoms with E-state index in [4.69, 9.17) is 9.47 Å². The normalized spacial score (nSPS) is 11.2. The maximum Gasteiger partial charge on any atom is 0.250 e. The van der Waals surface area contributed by atoms with Gasteiger partial charge in [0.2, 0.25) is 0 Å². The number of methoxy groups -OCH3 is 2. The zero-order valence-electron chi connectivity index (χ0n) is 21.2. The van der Waals surface area contributed by atoms with E-state index in [-0.39, 0.29) is 11.7 Å². The minimum absolute atomic E-state index is 0.126. The zero-order chi connectivity index (χ0) is 26.2. The molecule has 37 heavy (non-hydrogen) atoms. The maximum absolute atomic E-state index is 12.5. The lowest BCUT2D eigenvalue weighted by Crippen LogP contribution is -2.20. The van der Waals surface area contributed by atoms with Crippen LogP contribution in [0.15, 0.2) is 83.1 Å². The average molecular weight is 516 g/mol. The zero-order valence-corrected chi connectivity index (χ0v) is 22.0.